The van der Waals surface area contributed by atoms with Crippen molar-refractivity contribution >= 4 is 38.8 Å². The number of anilines is 1. The van der Waals surface area contributed by atoms with E-state index in [-0.39, 0.29) is 16.2 Å². The van der Waals surface area contributed by atoms with Gasteiger partial charge in [-0.25, -0.2) is 8.42 Å². The number of hydrogen-bond donors (Lipinski definition) is 3. The van der Waals surface area contributed by atoms with Crippen LogP contribution in [0.25, 0.3) is 0 Å². The summed E-state index contributed by atoms with van der Waals surface area (Å²) in [6.45, 7) is 0. The first kappa shape index (κ1) is 13.4. The van der Waals surface area contributed by atoms with E-state index < -0.39 is 21.7 Å². The van der Waals surface area contributed by atoms with Crippen molar-refractivity contribution in [3.05, 3.63) is 29.8 Å². The van der Waals surface area contributed by atoms with Gasteiger partial charge < -0.3 is 11.5 Å². The number of hydrogen-bond acceptors (Lipinski definition) is 4. The van der Waals surface area contributed by atoms with Gasteiger partial charge in [0.2, 0.25) is 15.9 Å². The average Bonchev–Trinajstić information content (AvgIpc) is 2.14. The third-order valence-corrected chi connectivity index (χ3v) is 3.32. The highest BCUT2D eigenvalue weighted by molar-refractivity contribution is 7.95. The molecule has 1 rings (SSSR count). The molecular formula is C9H11N3O3S2. The molecule has 0 unspecified atom stereocenters. The number of thiocarbonyl (C=S) groups is 1. The fourth-order valence-corrected chi connectivity index (χ4v) is 2.54. The van der Waals surface area contributed by atoms with Crippen LogP contribution in [-0.4, -0.2) is 25.1 Å². The summed E-state index contributed by atoms with van der Waals surface area (Å²) in [5, 5.41) is 0. The molecule has 0 aliphatic heterocycles. The molecule has 1 amide bonds. The van der Waals surface area contributed by atoms with E-state index >= 15 is 0 Å². The molecule has 1 aromatic rings. The van der Waals surface area contributed by atoms with Gasteiger partial charge in [-0.1, -0.05) is 18.3 Å². The topological polar surface area (TPSA) is 115 Å². The van der Waals surface area contributed by atoms with E-state index in [0.29, 0.717) is 0 Å². The molecule has 0 aromatic heterocycles. The van der Waals surface area contributed by atoms with Crippen LogP contribution in [0.5, 0.6) is 0 Å². The number of nitrogens with two attached hydrogens (primary N) is 2. The van der Waals surface area contributed by atoms with Crippen LogP contribution in [0.3, 0.4) is 0 Å². The highest BCUT2D eigenvalue weighted by Gasteiger charge is 2.12. The lowest BCUT2D eigenvalue weighted by Crippen LogP contribution is -2.26. The zero-order valence-corrected chi connectivity index (χ0v) is 10.3. The summed E-state index contributed by atoms with van der Waals surface area (Å²) < 4.78 is 25.2. The third-order valence-electron chi connectivity index (χ3n) is 1.75. The van der Waals surface area contributed by atoms with E-state index in [9.17, 15) is 13.2 Å². The molecule has 92 valence electrons. The Bertz CT molecular complexity index is 554. The maximum absolute atomic E-state index is 11.5. The molecule has 8 heteroatoms. The lowest BCUT2D eigenvalue weighted by molar-refractivity contribution is 0.100. The minimum atomic E-state index is -3.64. The summed E-state index contributed by atoms with van der Waals surface area (Å²) in [7, 11) is -3.64. The number of benzene rings is 1. The van der Waals surface area contributed by atoms with Crippen LogP contribution in [0.4, 0.5) is 5.69 Å². The SMILES string of the molecule is NC(=O)c1cccc(NS(=O)(=O)CC(N)=S)c1. The monoisotopic (exact) mass is 273 g/mol. The minimum absolute atomic E-state index is 0.136. The van der Waals surface area contributed by atoms with Crippen molar-refractivity contribution in [2.75, 3.05) is 10.5 Å². The van der Waals surface area contributed by atoms with E-state index in [1.165, 1.54) is 24.3 Å². The molecule has 1 aromatic carbocycles. The van der Waals surface area contributed by atoms with Crippen LogP contribution in [0.15, 0.2) is 24.3 Å². The van der Waals surface area contributed by atoms with E-state index in [1.807, 2.05) is 0 Å². The van der Waals surface area contributed by atoms with Gasteiger partial charge in [-0.2, -0.15) is 0 Å². The molecule has 0 heterocycles. The van der Waals surface area contributed by atoms with Crippen molar-refractivity contribution in [1.82, 2.24) is 0 Å². The Hall–Kier alpha value is -1.67. The Labute approximate surface area is 104 Å². The van der Waals surface area contributed by atoms with Crippen molar-refractivity contribution in [2.45, 2.75) is 0 Å². The molecule has 0 spiro atoms. The van der Waals surface area contributed by atoms with E-state index in [0.717, 1.165) is 0 Å². The van der Waals surface area contributed by atoms with Crippen LogP contribution in [0, 0.1) is 0 Å². The maximum atomic E-state index is 11.5. The van der Waals surface area contributed by atoms with Crippen molar-refractivity contribution in [1.29, 1.82) is 0 Å². The van der Waals surface area contributed by atoms with Gasteiger partial charge in [0.25, 0.3) is 0 Å². The molecule has 0 atom stereocenters. The highest BCUT2D eigenvalue weighted by Crippen LogP contribution is 2.12. The Balaban J connectivity index is 2.92. The van der Waals surface area contributed by atoms with Crippen LogP contribution in [-0.2, 0) is 10.0 Å². The first-order valence-electron chi connectivity index (χ1n) is 4.49. The fourth-order valence-electron chi connectivity index (χ4n) is 1.14. The molecule has 0 radical (unpaired) electrons. The third kappa shape index (κ3) is 4.37. The van der Waals surface area contributed by atoms with Crippen LogP contribution < -0.4 is 16.2 Å². The minimum Gasteiger partial charge on any atom is -0.392 e. The van der Waals surface area contributed by atoms with Gasteiger partial charge in [0, 0.05) is 11.3 Å². The van der Waals surface area contributed by atoms with Gasteiger partial charge >= 0.3 is 0 Å². The largest absolute Gasteiger partial charge is 0.392 e. The molecule has 0 aliphatic carbocycles. The van der Waals surface area contributed by atoms with E-state index in [2.05, 4.69) is 16.9 Å². The van der Waals surface area contributed by atoms with E-state index in [1.54, 1.807) is 0 Å². The summed E-state index contributed by atoms with van der Waals surface area (Å²) in [4.78, 5) is 10.8. The number of carbonyl (C=O) groups excluding carboxylic acids is 1. The number of rotatable bonds is 5. The zero-order chi connectivity index (χ0) is 13.1. The summed E-state index contributed by atoms with van der Waals surface area (Å²) in [5.41, 5.74) is 10.7. The number of primary amides is 1. The Morgan fingerprint density at radius 2 is 2.00 bits per heavy atom. The first-order chi connectivity index (χ1) is 7.80. The number of carbonyl (C=O) groups is 1. The number of amides is 1. The van der Waals surface area contributed by atoms with Gasteiger partial charge in [-0.05, 0) is 18.2 Å². The van der Waals surface area contributed by atoms with Gasteiger partial charge in [0.1, 0.15) is 5.75 Å². The zero-order valence-electron chi connectivity index (χ0n) is 8.71. The summed E-state index contributed by atoms with van der Waals surface area (Å²) in [6.07, 6.45) is 0. The number of nitrogens with one attached hydrogen (secondary N) is 1. The Morgan fingerprint density at radius 1 is 1.35 bits per heavy atom. The van der Waals surface area contributed by atoms with Gasteiger partial charge in [-0.3, -0.25) is 9.52 Å². The molecule has 17 heavy (non-hydrogen) atoms. The van der Waals surface area contributed by atoms with Gasteiger partial charge in [0.15, 0.2) is 0 Å². The quantitative estimate of drug-likeness (QED) is 0.643. The molecule has 6 nitrogen and oxygen atoms in total. The molecule has 0 aliphatic rings. The second-order valence-corrected chi connectivity index (χ2v) is 5.52. The first-order valence-corrected chi connectivity index (χ1v) is 6.55. The van der Waals surface area contributed by atoms with Crippen LogP contribution >= 0.6 is 12.2 Å². The molecule has 0 bridgehead atoms. The van der Waals surface area contributed by atoms with Gasteiger partial charge in [-0.15, -0.1) is 0 Å². The molecule has 5 N–H and O–H groups in total. The maximum Gasteiger partial charge on any atom is 0.248 e. The summed E-state index contributed by atoms with van der Waals surface area (Å²) in [5.74, 6) is -1.09. The van der Waals surface area contributed by atoms with Crippen molar-refractivity contribution in [3.8, 4) is 0 Å². The lowest BCUT2D eigenvalue weighted by atomic mass is 10.2. The second-order valence-electron chi connectivity index (χ2n) is 3.27. The summed E-state index contributed by atoms with van der Waals surface area (Å²) in [6, 6.07) is 5.81. The Kier molecular flexibility index (Phi) is 4.02. The smallest absolute Gasteiger partial charge is 0.248 e. The molecular weight excluding hydrogens is 262 g/mol. The molecule has 0 saturated carbocycles. The number of sulfonamides is 1. The standard InChI is InChI=1S/C9H11N3O3S2/c10-8(16)5-17(14,15)12-7-3-1-2-6(4-7)9(11)13/h1-4,12H,5H2,(H2,10,16)(H2,11,13). The fraction of sp³-hybridized carbons (Fsp3) is 0.111. The van der Waals surface area contributed by atoms with E-state index in [4.69, 9.17) is 11.5 Å². The highest BCUT2D eigenvalue weighted by atomic mass is 32.2. The summed E-state index contributed by atoms with van der Waals surface area (Å²) >= 11 is 4.51. The lowest BCUT2D eigenvalue weighted by Gasteiger charge is -2.07. The molecule has 0 saturated heterocycles. The molecule has 0 fully saturated rings. The predicted molar refractivity (Wildman–Crippen MR) is 69.2 cm³/mol. The second kappa shape index (κ2) is 5.11. The average molecular weight is 273 g/mol. The van der Waals surface area contributed by atoms with Crippen molar-refractivity contribution in [3.63, 3.8) is 0 Å². The predicted octanol–water partition coefficient (Wildman–Crippen LogP) is -0.187. The Morgan fingerprint density at radius 3 is 2.53 bits per heavy atom. The van der Waals surface area contributed by atoms with Crippen LogP contribution in [0.2, 0.25) is 0 Å². The van der Waals surface area contributed by atoms with Gasteiger partial charge in [0.05, 0.1) is 4.99 Å². The van der Waals surface area contributed by atoms with Crippen molar-refractivity contribution in [2.24, 2.45) is 11.5 Å². The normalized spacial score (nSPS) is 10.8. The van der Waals surface area contributed by atoms with Crippen LogP contribution in [0.1, 0.15) is 10.4 Å². The van der Waals surface area contributed by atoms with Crippen molar-refractivity contribution < 1.29 is 13.2 Å².